The molecule has 53 heavy (non-hydrogen) atoms. The maximum absolute atomic E-state index is 12.4. The van der Waals surface area contributed by atoms with Crippen LogP contribution >= 0.6 is 0 Å². The minimum atomic E-state index is -0.658. The zero-order valence-electron chi connectivity index (χ0n) is 36.3. The molecule has 0 saturated carbocycles. The van der Waals surface area contributed by atoms with Gasteiger partial charge in [0.2, 0.25) is 5.91 Å². The molecule has 0 heterocycles. The van der Waals surface area contributed by atoms with E-state index in [1.165, 1.54) is 225 Å². The number of aliphatic hydroxyl groups excluding tert-OH is 2. The maximum atomic E-state index is 12.4. The van der Waals surface area contributed by atoms with Crippen LogP contribution in [0.2, 0.25) is 0 Å². The molecule has 4 heteroatoms. The smallest absolute Gasteiger partial charge is 0.220 e. The molecule has 3 N–H and O–H groups in total. The SMILES string of the molecule is CCCCCCCCCCC/C=C\CCCCCCCCCC(=O)NC(CO)C(O)CCCCCCCCCCCCCCCCCCCCCCC. The lowest BCUT2D eigenvalue weighted by atomic mass is 10.0. The zero-order chi connectivity index (χ0) is 38.6. The minimum absolute atomic E-state index is 0.0314. The third kappa shape index (κ3) is 42.1. The van der Waals surface area contributed by atoms with Gasteiger partial charge in [-0.15, -0.1) is 0 Å². The summed E-state index contributed by atoms with van der Waals surface area (Å²) in [4.78, 5) is 12.4. The van der Waals surface area contributed by atoms with E-state index >= 15 is 0 Å². The van der Waals surface area contributed by atoms with E-state index in [0.717, 1.165) is 25.7 Å². The molecular weight excluding hydrogens is 651 g/mol. The van der Waals surface area contributed by atoms with Gasteiger partial charge in [-0.1, -0.05) is 244 Å². The Labute approximate surface area is 333 Å². The summed E-state index contributed by atoms with van der Waals surface area (Å²) >= 11 is 0. The molecule has 0 saturated heterocycles. The number of hydrogen-bond acceptors (Lipinski definition) is 3. The molecule has 2 unspecified atom stereocenters. The van der Waals surface area contributed by atoms with Crippen LogP contribution in [0.3, 0.4) is 0 Å². The van der Waals surface area contributed by atoms with Crippen molar-refractivity contribution in [1.29, 1.82) is 0 Å². The summed E-state index contributed by atoms with van der Waals surface area (Å²) in [5, 5.41) is 23.3. The van der Waals surface area contributed by atoms with E-state index in [1.807, 2.05) is 0 Å². The van der Waals surface area contributed by atoms with Crippen molar-refractivity contribution < 1.29 is 15.0 Å². The van der Waals surface area contributed by atoms with E-state index in [2.05, 4.69) is 31.3 Å². The Hall–Kier alpha value is -0.870. The number of carbonyl (C=O) groups excluding carboxylic acids is 1. The van der Waals surface area contributed by atoms with Crippen molar-refractivity contribution in [2.24, 2.45) is 0 Å². The van der Waals surface area contributed by atoms with Crippen LogP contribution in [0.1, 0.15) is 277 Å². The molecule has 4 nitrogen and oxygen atoms in total. The number of amides is 1. The highest BCUT2D eigenvalue weighted by Crippen LogP contribution is 2.17. The fourth-order valence-corrected chi connectivity index (χ4v) is 7.77. The lowest BCUT2D eigenvalue weighted by molar-refractivity contribution is -0.123. The van der Waals surface area contributed by atoms with Crippen LogP contribution in [0.25, 0.3) is 0 Å². The molecule has 0 spiro atoms. The highest BCUT2D eigenvalue weighted by atomic mass is 16.3. The van der Waals surface area contributed by atoms with Gasteiger partial charge < -0.3 is 15.5 Å². The Morgan fingerprint density at radius 3 is 1.04 bits per heavy atom. The van der Waals surface area contributed by atoms with E-state index in [0.29, 0.717) is 12.8 Å². The van der Waals surface area contributed by atoms with Gasteiger partial charge in [-0.25, -0.2) is 0 Å². The fraction of sp³-hybridized carbons (Fsp3) is 0.939. The molecule has 316 valence electrons. The van der Waals surface area contributed by atoms with Crippen molar-refractivity contribution in [3.8, 4) is 0 Å². The summed E-state index contributed by atoms with van der Waals surface area (Å²) in [7, 11) is 0. The summed E-state index contributed by atoms with van der Waals surface area (Å²) in [6.07, 6.45) is 57.3. The van der Waals surface area contributed by atoms with E-state index in [9.17, 15) is 15.0 Å². The third-order valence-electron chi connectivity index (χ3n) is 11.5. The predicted octanol–water partition coefficient (Wildman–Crippen LogP) is 15.4. The van der Waals surface area contributed by atoms with Gasteiger partial charge in [0, 0.05) is 6.42 Å². The van der Waals surface area contributed by atoms with Crippen LogP contribution in [0.4, 0.5) is 0 Å². The molecular formula is C49H97NO3. The molecule has 0 fully saturated rings. The second kappa shape index (κ2) is 45.5. The lowest BCUT2D eigenvalue weighted by Crippen LogP contribution is -2.45. The molecule has 0 bridgehead atoms. The second-order valence-corrected chi connectivity index (χ2v) is 16.9. The summed E-state index contributed by atoms with van der Waals surface area (Å²) in [6, 6.07) is -0.535. The minimum Gasteiger partial charge on any atom is -0.394 e. The van der Waals surface area contributed by atoms with Gasteiger partial charge in [0.25, 0.3) is 0 Å². The first kappa shape index (κ1) is 52.1. The number of allylic oxidation sites excluding steroid dienone is 2. The Morgan fingerprint density at radius 2 is 0.717 bits per heavy atom. The zero-order valence-corrected chi connectivity index (χ0v) is 36.3. The first-order valence-electron chi connectivity index (χ1n) is 24.4. The monoisotopic (exact) mass is 748 g/mol. The average molecular weight is 748 g/mol. The van der Waals surface area contributed by atoms with Crippen LogP contribution in [-0.2, 0) is 4.79 Å². The summed E-state index contributed by atoms with van der Waals surface area (Å²) in [5.41, 5.74) is 0. The molecule has 1 amide bonds. The van der Waals surface area contributed by atoms with Gasteiger partial charge in [-0.05, 0) is 38.5 Å². The van der Waals surface area contributed by atoms with Gasteiger partial charge in [0.15, 0.2) is 0 Å². The Morgan fingerprint density at radius 1 is 0.434 bits per heavy atom. The molecule has 0 aromatic rings. The number of aliphatic hydroxyl groups is 2. The maximum Gasteiger partial charge on any atom is 0.220 e. The highest BCUT2D eigenvalue weighted by Gasteiger charge is 2.20. The first-order valence-corrected chi connectivity index (χ1v) is 24.4. The topological polar surface area (TPSA) is 69.6 Å². The van der Waals surface area contributed by atoms with Crippen molar-refractivity contribution in [1.82, 2.24) is 5.32 Å². The molecule has 0 aliphatic rings. The van der Waals surface area contributed by atoms with Gasteiger partial charge in [-0.3, -0.25) is 4.79 Å². The second-order valence-electron chi connectivity index (χ2n) is 16.9. The Kier molecular flexibility index (Phi) is 44.8. The molecule has 0 radical (unpaired) electrons. The highest BCUT2D eigenvalue weighted by molar-refractivity contribution is 5.76. The van der Waals surface area contributed by atoms with Gasteiger partial charge in [0.05, 0.1) is 18.8 Å². The van der Waals surface area contributed by atoms with Crippen molar-refractivity contribution in [3.63, 3.8) is 0 Å². The van der Waals surface area contributed by atoms with Gasteiger partial charge in [0.1, 0.15) is 0 Å². The molecule has 0 aliphatic carbocycles. The van der Waals surface area contributed by atoms with Crippen molar-refractivity contribution >= 4 is 5.91 Å². The predicted molar refractivity (Wildman–Crippen MR) is 235 cm³/mol. The number of carbonyl (C=O) groups is 1. The Balaban J connectivity index is 3.47. The lowest BCUT2D eigenvalue weighted by Gasteiger charge is -2.22. The molecule has 0 rings (SSSR count). The van der Waals surface area contributed by atoms with Crippen LogP contribution in [0.15, 0.2) is 12.2 Å². The summed E-state index contributed by atoms with van der Waals surface area (Å²) in [5.74, 6) is -0.0314. The molecule has 0 aromatic heterocycles. The number of hydrogen-bond donors (Lipinski definition) is 3. The first-order chi connectivity index (χ1) is 26.2. The van der Waals surface area contributed by atoms with E-state index in [1.54, 1.807) is 0 Å². The van der Waals surface area contributed by atoms with Crippen LogP contribution in [0, 0.1) is 0 Å². The quantitative estimate of drug-likeness (QED) is 0.0429. The molecule has 2 atom stereocenters. The molecule has 0 aromatic carbocycles. The average Bonchev–Trinajstić information content (AvgIpc) is 3.16. The van der Waals surface area contributed by atoms with Crippen molar-refractivity contribution in [3.05, 3.63) is 12.2 Å². The standard InChI is InChI=1S/C49H97NO3/c1-3-5-7-9-11-13-15-17-19-21-23-25-26-28-30-32-34-36-38-40-42-44-48(52)47(46-51)50-49(53)45-43-41-39-37-35-33-31-29-27-24-22-20-18-16-14-12-10-8-6-4-2/h24,27,47-48,51-52H,3-23,25-26,28-46H2,1-2H3,(H,50,53)/b27-24-. The van der Waals surface area contributed by atoms with Crippen LogP contribution < -0.4 is 5.32 Å². The molecule has 0 aliphatic heterocycles. The summed E-state index contributed by atoms with van der Waals surface area (Å²) < 4.78 is 0. The number of nitrogens with one attached hydrogen (secondary N) is 1. The fourth-order valence-electron chi connectivity index (χ4n) is 7.77. The van der Waals surface area contributed by atoms with E-state index in [-0.39, 0.29) is 12.5 Å². The largest absolute Gasteiger partial charge is 0.394 e. The number of unbranched alkanes of at least 4 members (excludes halogenated alkanes) is 36. The summed E-state index contributed by atoms with van der Waals surface area (Å²) in [6.45, 7) is 4.38. The Bertz CT molecular complexity index is 725. The van der Waals surface area contributed by atoms with Gasteiger partial charge >= 0.3 is 0 Å². The van der Waals surface area contributed by atoms with E-state index in [4.69, 9.17) is 0 Å². The van der Waals surface area contributed by atoms with Crippen LogP contribution in [-0.4, -0.2) is 34.9 Å². The van der Waals surface area contributed by atoms with Crippen LogP contribution in [0.5, 0.6) is 0 Å². The van der Waals surface area contributed by atoms with Crippen molar-refractivity contribution in [2.45, 2.75) is 289 Å². The third-order valence-corrected chi connectivity index (χ3v) is 11.5. The van der Waals surface area contributed by atoms with E-state index < -0.39 is 12.1 Å². The van der Waals surface area contributed by atoms with Gasteiger partial charge in [-0.2, -0.15) is 0 Å². The number of rotatable bonds is 45. The van der Waals surface area contributed by atoms with Crippen molar-refractivity contribution in [2.75, 3.05) is 6.61 Å². The normalized spacial score (nSPS) is 12.9.